The molecule has 3 aromatic rings. The maximum atomic E-state index is 12.1. The van der Waals surface area contributed by atoms with Crippen LogP contribution in [0.1, 0.15) is 10.4 Å². The number of Topliss-reactive ketones (excluding diaryl/α,β-unsaturated/α-hetero) is 1. The first kappa shape index (κ1) is 17.3. The number of hydrogen-bond donors (Lipinski definition) is 0. The molecule has 2 aromatic carbocycles. The Morgan fingerprint density at radius 2 is 1.80 bits per heavy atom. The normalized spacial score (nSPS) is 10.6. The van der Waals surface area contributed by atoms with E-state index in [0.29, 0.717) is 11.5 Å². The lowest BCUT2D eigenvalue weighted by Gasteiger charge is -1.99. The van der Waals surface area contributed by atoms with E-state index in [1.807, 2.05) is 24.3 Å². The highest BCUT2D eigenvalue weighted by atomic mass is 79.9. The van der Waals surface area contributed by atoms with Crippen LogP contribution >= 0.6 is 27.7 Å². The average Bonchev–Trinajstić information content (AvgIpc) is 3.09. The van der Waals surface area contributed by atoms with Crippen LogP contribution in [-0.4, -0.2) is 26.7 Å². The van der Waals surface area contributed by atoms with Crippen molar-refractivity contribution < 1.29 is 14.1 Å². The highest BCUT2D eigenvalue weighted by Crippen LogP contribution is 2.25. The number of rotatable bonds is 6. The van der Waals surface area contributed by atoms with Crippen molar-refractivity contribution in [1.29, 1.82) is 0 Å². The van der Waals surface area contributed by atoms with E-state index in [4.69, 9.17) is 4.42 Å². The summed E-state index contributed by atoms with van der Waals surface area (Å²) in [6.07, 6.45) is 0. The zero-order chi connectivity index (χ0) is 17.8. The molecule has 7 nitrogen and oxygen atoms in total. The van der Waals surface area contributed by atoms with Gasteiger partial charge < -0.3 is 4.42 Å². The molecule has 1 aromatic heterocycles. The summed E-state index contributed by atoms with van der Waals surface area (Å²) < 4.78 is 6.47. The molecule has 0 N–H and O–H groups in total. The summed E-state index contributed by atoms with van der Waals surface area (Å²) >= 11 is 4.47. The zero-order valence-electron chi connectivity index (χ0n) is 12.6. The van der Waals surface area contributed by atoms with Gasteiger partial charge >= 0.3 is 0 Å². The van der Waals surface area contributed by atoms with E-state index >= 15 is 0 Å². The molecule has 0 bridgehead atoms. The van der Waals surface area contributed by atoms with Crippen LogP contribution < -0.4 is 0 Å². The fourth-order valence-corrected chi connectivity index (χ4v) is 2.88. The number of benzene rings is 2. The van der Waals surface area contributed by atoms with Gasteiger partial charge in [-0.05, 0) is 36.4 Å². The van der Waals surface area contributed by atoms with Crippen LogP contribution in [0, 0.1) is 10.1 Å². The van der Waals surface area contributed by atoms with Crippen molar-refractivity contribution in [2.75, 3.05) is 5.75 Å². The summed E-state index contributed by atoms with van der Waals surface area (Å²) in [5, 5.41) is 18.8. The van der Waals surface area contributed by atoms with Crippen molar-refractivity contribution in [3.05, 3.63) is 68.7 Å². The van der Waals surface area contributed by atoms with E-state index < -0.39 is 4.92 Å². The Labute approximate surface area is 154 Å². The third-order valence-electron chi connectivity index (χ3n) is 3.22. The molecule has 0 aliphatic carbocycles. The lowest BCUT2D eigenvalue weighted by Crippen LogP contribution is -2.02. The largest absolute Gasteiger partial charge is 0.411 e. The molecule has 25 heavy (non-hydrogen) atoms. The molecule has 9 heteroatoms. The number of carbonyl (C=O) groups excluding carboxylic acids is 1. The number of aromatic nitrogens is 2. The number of non-ortho nitro benzene ring substituents is 1. The highest BCUT2D eigenvalue weighted by Gasteiger charge is 2.13. The molecule has 0 amide bonds. The standard InChI is InChI=1S/C16H10BrN3O4S/c17-12-5-1-11(2-6-12)15-18-19-16(24-15)25-9-14(21)10-3-7-13(8-4-10)20(22)23/h1-8H,9H2. The maximum absolute atomic E-state index is 12.1. The number of hydrogen-bond acceptors (Lipinski definition) is 7. The van der Waals surface area contributed by atoms with Gasteiger partial charge in [-0.3, -0.25) is 14.9 Å². The molecule has 1 heterocycles. The SMILES string of the molecule is O=C(CSc1nnc(-c2ccc(Br)cc2)o1)c1ccc([N+](=O)[O-])cc1. The van der Waals surface area contributed by atoms with Gasteiger partial charge in [-0.2, -0.15) is 0 Å². The molecule has 0 fully saturated rings. The van der Waals surface area contributed by atoms with Crippen LogP contribution in [0.4, 0.5) is 5.69 Å². The van der Waals surface area contributed by atoms with E-state index in [2.05, 4.69) is 26.1 Å². The Morgan fingerprint density at radius 3 is 2.44 bits per heavy atom. The second-order valence-electron chi connectivity index (χ2n) is 4.90. The summed E-state index contributed by atoms with van der Waals surface area (Å²) in [6.45, 7) is 0. The van der Waals surface area contributed by atoms with Crippen LogP contribution in [0.25, 0.3) is 11.5 Å². The van der Waals surface area contributed by atoms with E-state index in [-0.39, 0.29) is 22.4 Å². The quantitative estimate of drug-likeness (QED) is 0.253. The van der Waals surface area contributed by atoms with E-state index in [1.165, 1.54) is 24.3 Å². The first-order chi connectivity index (χ1) is 12.0. The summed E-state index contributed by atoms with van der Waals surface area (Å²) in [6, 6.07) is 12.9. The fraction of sp³-hybridized carbons (Fsp3) is 0.0625. The summed E-state index contributed by atoms with van der Waals surface area (Å²) in [5.74, 6) is 0.292. The fourth-order valence-electron chi connectivity index (χ4n) is 1.96. The highest BCUT2D eigenvalue weighted by molar-refractivity contribution is 9.10. The Kier molecular flexibility index (Phi) is 5.25. The molecule has 0 saturated carbocycles. The smallest absolute Gasteiger partial charge is 0.277 e. The Hall–Kier alpha value is -2.52. The molecule has 0 aliphatic heterocycles. The van der Waals surface area contributed by atoms with Gasteiger partial charge in [0.2, 0.25) is 5.89 Å². The van der Waals surface area contributed by atoms with Gasteiger partial charge in [0.05, 0.1) is 10.7 Å². The van der Waals surface area contributed by atoms with Crippen LogP contribution in [0.2, 0.25) is 0 Å². The number of ketones is 1. The van der Waals surface area contributed by atoms with Crippen molar-refractivity contribution in [3.63, 3.8) is 0 Å². The second-order valence-corrected chi connectivity index (χ2v) is 6.74. The van der Waals surface area contributed by atoms with Gasteiger partial charge in [-0.15, -0.1) is 10.2 Å². The summed E-state index contributed by atoms with van der Waals surface area (Å²) in [4.78, 5) is 22.2. The lowest BCUT2D eigenvalue weighted by atomic mass is 10.1. The molecule has 126 valence electrons. The number of carbonyl (C=O) groups is 1. The van der Waals surface area contributed by atoms with Gasteiger partial charge in [0.15, 0.2) is 5.78 Å². The Balaban J connectivity index is 1.62. The zero-order valence-corrected chi connectivity index (χ0v) is 15.0. The third kappa shape index (κ3) is 4.31. The molecule has 0 saturated heterocycles. The Bertz CT molecular complexity index is 910. The minimum absolute atomic E-state index is 0.0553. The predicted molar refractivity (Wildman–Crippen MR) is 95.6 cm³/mol. The summed E-state index contributed by atoms with van der Waals surface area (Å²) in [7, 11) is 0. The molecule has 0 unspecified atom stereocenters. The number of halogens is 1. The summed E-state index contributed by atoms with van der Waals surface area (Å²) in [5.41, 5.74) is 1.12. The number of nitrogens with zero attached hydrogens (tertiary/aromatic N) is 3. The van der Waals surface area contributed by atoms with Crippen molar-refractivity contribution in [2.24, 2.45) is 0 Å². The number of thioether (sulfide) groups is 1. The Morgan fingerprint density at radius 1 is 1.12 bits per heavy atom. The molecule has 0 atom stereocenters. The van der Waals surface area contributed by atoms with Gasteiger partial charge in [0, 0.05) is 27.7 Å². The first-order valence-corrected chi connectivity index (χ1v) is 8.81. The minimum Gasteiger partial charge on any atom is -0.411 e. The van der Waals surface area contributed by atoms with Crippen LogP contribution in [0.3, 0.4) is 0 Å². The van der Waals surface area contributed by atoms with Crippen molar-refractivity contribution in [1.82, 2.24) is 10.2 Å². The van der Waals surface area contributed by atoms with E-state index in [1.54, 1.807) is 0 Å². The number of nitro benzene ring substituents is 1. The topological polar surface area (TPSA) is 99.1 Å². The van der Waals surface area contributed by atoms with Gasteiger partial charge in [0.1, 0.15) is 0 Å². The van der Waals surface area contributed by atoms with Crippen LogP contribution in [0.5, 0.6) is 0 Å². The molecule has 0 aliphatic rings. The predicted octanol–water partition coefficient (Wildman–Crippen LogP) is 4.38. The van der Waals surface area contributed by atoms with Crippen LogP contribution in [-0.2, 0) is 0 Å². The molecule has 0 spiro atoms. The minimum atomic E-state index is -0.509. The molecule has 3 rings (SSSR count). The van der Waals surface area contributed by atoms with Crippen molar-refractivity contribution >= 4 is 39.2 Å². The number of nitro groups is 1. The average molecular weight is 420 g/mol. The van der Waals surface area contributed by atoms with Gasteiger partial charge in [-0.25, -0.2) is 0 Å². The molecular weight excluding hydrogens is 410 g/mol. The lowest BCUT2D eigenvalue weighted by molar-refractivity contribution is -0.384. The maximum Gasteiger partial charge on any atom is 0.277 e. The van der Waals surface area contributed by atoms with E-state index in [9.17, 15) is 14.9 Å². The van der Waals surface area contributed by atoms with E-state index in [0.717, 1.165) is 21.8 Å². The van der Waals surface area contributed by atoms with Crippen molar-refractivity contribution in [3.8, 4) is 11.5 Å². The monoisotopic (exact) mass is 419 g/mol. The van der Waals surface area contributed by atoms with Crippen LogP contribution in [0.15, 0.2) is 62.6 Å². The van der Waals surface area contributed by atoms with Gasteiger partial charge in [0.25, 0.3) is 10.9 Å². The first-order valence-electron chi connectivity index (χ1n) is 7.03. The van der Waals surface area contributed by atoms with Gasteiger partial charge in [-0.1, -0.05) is 27.7 Å². The van der Waals surface area contributed by atoms with Crippen molar-refractivity contribution in [2.45, 2.75) is 5.22 Å². The molecule has 0 radical (unpaired) electrons. The third-order valence-corrected chi connectivity index (χ3v) is 4.57. The second kappa shape index (κ2) is 7.58. The molecular formula is C16H10BrN3O4S.